The Morgan fingerprint density at radius 3 is 2.37 bits per heavy atom. The van der Waals surface area contributed by atoms with Gasteiger partial charge in [-0.05, 0) is 41.0 Å². The van der Waals surface area contributed by atoms with Crippen molar-refractivity contribution in [3.05, 3.63) is 0 Å². The number of ether oxygens (including phenoxy) is 2. The van der Waals surface area contributed by atoms with Gasteiger partial charge in [0.15, 0.2) is 0 Å². The summed E-state index contributed by atoms with van der Waals surface area (Å²) in [7, 11) is 0. The zero-order chi connectivity index (χ0) is 14.1. The Morgan fingerprint density at radius 2 is 1.84 bits per heavy atom. The molecule has 112 valence electrons. The minimum atomic E-state index is -0.0806. The van der Waals surface area contributed by atoms with Gasteiger partial charge in [-0.25, -0.2) is 0 Å². The number of nitrogens with one attached hydrogen (secondary N) is 1. The van der Waals surface area contributed by atoms with Crippen LogP contribution in [0.2, 0.25) is 0 Å². The molecule has 0 saturated carbocycles. The van der Waals surface area contributed by atoms with Crippen molar-refractivity contribution in [2.24, 2.45) is 0 Å². The van der Waals surface area contributed by atoms with Crippen molar-refractivity contribution in [3.63, 3.8) is 0 Å². The molecule has 2 saturated heterocycles. The van der Waals surface area contributed by atoms with E-state index in [0.29, 0.717) is 12.1 Å². The molecule has 2 unspecified atom stereocenters. The first-order valence-electron chi connectivity index (χ1n) is 7.55. The fourth-order valence-corrected chi connectivity index (χ4v) is 3.39. The van der Waals surface area contributed by atoms with E-state index >= 15 is 0 Å². The molecular weight excluding hydrogens is 240 g/mol. The molecule has 2 fully saturated rings. The summed E-state index contributed by atoms with van der Waals surface area (Å²) >= 11 is 0. The molecule has 0 aliphatic carbocycles. The molecule has 0 amide bonds. The second-order valence-electron chi connectivity index (χ2n) is 7.20. The molecule has 2 aliphatic rings. The Balaban J connectivity index is 1.83. The third-order valence-corrected chi connectivity index (χ3v) is 4.20. The quantitative estimate of drug-likeness (QED) is 0.842. The number of rotatable bonds is 4. The summed E-state index contributed by atoms with van der Waals surface area (Å²) in [5.74, 6) is 0. The zero-order valence-electron chi connectivity index (χ0n) is 13.2. The van der Waals surface area contributed by atoms with Crippen LogP contribution in [-0.4, -0.2) is 61.0 Å². The molecule has 0 bridgehead atoms. The van der Waals surface area contributed by atoms with Gasteiger partial charge in [-0.3, -0.25) is 4.90 Å². The molecular formula is C15H30N2O2. The van der Waals surface area contributed by atoms with Crippen molar-refractivity contribution < 1.29 is 9.47 Å². The van der Waals surface area contributed by atoms with Crippen LogP contribution in [-0.2, 0) is 9.47 Å². The van der Waals surface area contributed by atoms with Gasteiger partial charge in [0.1, 0.15) is 0 Å². The lowest BCUT2D eigenvalue weighted by atomic mass is 9.94. The maximum Gasteiger partial charge on any atom is 0.0787 e. The Bertz CT molecular complexity index is 299. The minimum absolute atomic E-state index is 0.0140. The summed E-state index contributed by atoms with van der Waals surface area (Å²) in [6.45, 7) is 16.0. The van der Waals surface area contributed by atoms with E-state index in [1.54, 1.807) is 0 Å². The van der Waals surface area contributed by atoms with E-state index in [9.17, 15) is 0 Å². The van der Waals surface area contributed by atoms with Gasteiger partial charge in [0, 0.05) is 31.7 Å². The number of nitrogens with zero attached hydrogens (tertiary/aromatic N) is 1. The third-order valence-electron chi connectivity index (χ3n) is 4.20. The van der Waals surface area contributed by atoms with E-state index in [1.807, 2.05) is 0 Å². The van der Waals surface area contributed by atoms with Gasteiger partial charge >= 0.3 is 0 Å². The van der Waals surface area contributed by atoms with Gasteiger partial charge in [0.25, 0.3) is 0 Å². The number of morpholine rings is 1. The van der Waals surface area contributed by atoms with Crippen LogP contribution in [0.1, 0.15) is 41.0 Å². The fourth-order valence-electron chi connectivity index (χ4n) is 3.39. The fraction of sp³-hybridized carbons (Fsp3) is 1.00. The highest BCUT2D eigenvalue weighted by Crippen LogP contribution is 2.37. The smallest absolute Gasteiger partial charge is 0.0787 e. The average Bonchev–Trinajstić information content (AvgIpc) is 2.47. The van der Waals surface area contributed by atoms with Crippen LogP contribution in [0.4, 0.5) is 0 Å². The Kier molecular flexibility index (Phi) is 4.56. The van der Waals surface area contributed by atoms with Crippen molar-refractivity contribution >= 4 is 0 Å². The third kappa shape index (κ3) is 4.15. The van der Waals surface area contributed by atoms with Gasteiger partial charge in [-0.1, -0.05) is 0 Å². The van der Waals surface area contributed by atoms with E-state index < -0.39 is 0 Å². The Morgan fingerprint density at radius 1 is 1.21 bits per heavy atom. The molecule has 0 spiro atoms. The maximum absolute atomic E-state index is 6.14. The predicted molar refractivity (Wildman–Crippen MR) is 77.5 cm³/mol. The molecule has 0 radical (unpaired) electrons. The first kappa shape index (κ1) is 15.2. The molecule has 0 aromatic carbocycles. The number of hydrogen-bond donors (Lipinski definition) is 1. The standard InChI is InChI=1S/C15H30N2O2/c1-12(11-17-6-8-18-9-7-17)16-13-10-14(2,3)19-15(13,4)5/h12-13,16H,6-11H2,1-5H3. The molecule has 2 aliphatic heterocycles. The highest BCUT2D eigenvalue weighted by Gasteiger charge is 2.46. The monoisotopic (exact) mass is 270 g/mol. The first-order valence-corrected chi connectivity index (χ1v) is 7.55. The van der Waals surface area contributed by atoms with E-state index in [1.165, 1.54) is 0 Å². The van der Waals surface area contributed by atoms with Crippen molar-refractivity contribution in [2.75, 3.05) is 32.8 Å². The van der Waals surface area contributed by atoms with Crippen LogP contribution in [0.25, 0.3) is 0 Å². The Labute approximate surface area is 117 Å². The van der Waals surface area contributed by atoms with E-state index in [2.05, 4.69) is 44.8 Å². The van der Waals surface area contributed by atoms with Gasteiger partial charge in [0.05, 0.1) is 24.4 Å². The summed E-state index contributed by atoms with van der Waals surface area (Å²) in [5.41, 5.74) is -0.0946. The van der Waals surface area contributed by atoms with Crippen molar-refractivity contribution in [2.45, 2.75) is 64.3 Å². The molecule has 2 rings (SSSR count). The second kappa shape index (κ2) is 5.68. The van der Waals surface area contributed by atoms with Gasteiger partial charge in [0.2, 0.25) is 0 Å². The molecule has 4 heteroatoms. The Hall–Kier alpha value is -0.160. The molecule has 2 atom stereocenters. The first-order chi connectivity index (χ1) is 8.78. The topological polar surface area (TPSA) is 33.7 Å². The van der Waals surface area contributed by atoms with Crippen LogP contribution in [0.5, 0.6) is 0 Å². The molecule has 0 aromatic rings. The molecule has 1 N–H and O–H groups in total. The van der Waals surface area contributed by atoms with Gasteiger partial charge in [-0.15, -0.1) is 0 Å². The van der Waals surface area contributed by atoms with Crippen molar-refractivity contribution in [1.29, 1.82) is 0 Å². The summed E-state index contributed by atoms with van der Waals surface area (Å²) in [6, 6.07) is 0.915. The van der Waals surface area contributed by atoms with Gasteiger partial charge in [-0.2, -0.15) is 0 Å². The largest absolute Gasteiger partial charge is 0.379 e. The lowest BCUT2D eigenvalue weighted by Crippen LogP contribution is -2.51. The van der Waals surface area contributed by atoms with Crippen molar-refractivity contribution in [3.8, 4) is 0 Å². The van der Waals surface area contributed by atoms with Crippen LogP contribution in [0.3, 0.4) is 0 Å². The van der Waals surface area contributed by atoms with Crippen molar-refractivity contribution in [1.82, 2.24) is 10.2 Å². The lowest BCUT2D eigenvalue weighted by molar-refractivity contribution is -0.0706. The van der Waals surface area contributed by atoms with E-state index in [-0.39, 0.29) is 11.2 Å². The molecule has 4 nitrogen and oxygen atoms in total. The van der Waals surface area contributed by atoms with Crippen LogP contribution < -0.4 is 5.32 Å². The second-order valence-corrected chi connectivity index (χ2v) is 7.20. The minimum Gasteiger partial charge on any atom is -0.379 e. The zero-order valence-corrected chi connectivity index (χ0v) is 13.2. The normalized spacial score (nSPS) is 32.4. The van der Waals surface area contributed by atoms with Crippen LogP contribution >= 0.6 is 0 Å². The average molecular weight is 270 g/mol. The summed E-state index contributed by atoms with van der Waals surface area (Å²) in [4.78, 5) is 2.48. The van der Waals surface area contributed by atoms with Crippen LogP contribution in [0, 0.1) is 0 Å². The SMILES string of the molecule is CC(CN1CCOCC1)NC1CC(C)(C)OC1(C)C. The molecule has 0 aromatic heterocycles. The highest BCUT2D eigenvalue weighted by atomic mass is 16.5. The van der Waals surface area contributed by atoms with Gasteiger partial charge < -0.3 is 14.8 Å². The molecule has 19 heavy (non-hydrogen) atoms. The maximum atomic E-state index is 6.14. The summed E-state index contributed by atoms with van der Waals surface area (Å²) in [6.07, 6.45) is 1.08. The summed E-state index contributed by atoms with van der Waals surface area (Å²) in [5, 5.41) is 3.76. The van der Waals surface area contributed by atoms with E-state index in [0.717, 1.165) is 39.3 Å². The molecule has 2 heterocycles. The van der Waals surface area contributed by atoms with Crippen LogP contribution in [0.15, 0.2) is 0 Å². The summed E-state index contributed by atoms with van der Waals surface area (Å²) < 4.78 is 11.5. The predicted octanol–water partition coefficient (Wildman–Crippen LogP) is 1.64. The number of hydrogen-bond acceptors (Lipinski definition) is 4. The van der Waals surface area contributed by atoms with E-state index in [4.69, 9.17) is 9.47 Å². The lowest BCUT2D eigenvalue weighted by Gasteiger charge is -2.33. The highest BCUT2D eigenvalue weighted by molar-refractivity contribution is 4.99.